The molecule has 2 aromatic rings. The number of anilines is 2. The van der Waals surface area contributed by atoms with Crippen LogP contribution in [0.5, 0.6) is 0 Å². The molecule has 0 spiro atoms. The van der Waals surface area contributed by atoms with Crippen LogP contribution in [0.4, 0.5) is 11.8 Å². The fourth-order valence-electron chi connectivity index (χ4n) is 4.21. The second-order valence-electron chi connectivity index (χ2n) is 8.99. The summed E-state index contributed by atoms with van der Waals surface area (Å²) in [5, 5.41) is 0. The van der Waals surface area contributed by atoms with Crippen LogP contribution in [0.2, 0.25) is 0 Å². The topological polar surface area (TPSA) is 52.6 Å². The Balaban J connectivity index is 1.66. The van der Waals surface area contributed by atoms with E-state index >= 15 is 0 Å². The predicted octanol–water partition coefficient (Wildman–Crippen LogP) is 3.76. The molecule has 30 heavy (non-hydrogen) atoms. The van der Waals surface area contributed by atoms with Gasteiger partial charge in [-0.05, 0) is 44.7 Å². The average Bonchev–Trinajstić information content (AvgIpc) is 2.78. The number of benzene rings is 1. The summed E-state index contributed by atoms with van der Waals surface area (Å²) in [6, 6.07) is 9.86. The lowest BCUT2D eigenvalue weighted by molar-refractivity contribution is 0.0733. The van der Waals surface area contributed by atoms with Crippen molar-refractivity contribution >= 4 is 17.7 Å². The minimum Gasteiger partial charge on any atom is -0.357 e. The first-order valence-corrected chi connectivity index (χ1v) is 11.2. The van der Waals surface area contributed by atoms with E-state index in [-0.39, 0.29) is 5.91 Å². The molecular weight excluding hydrogens is 374 g/mol. The number of rotatable bonds is 4. The highest BCUT2D eigenvalue weighted by molar-refractivity contribution is 5.94. The molecule has 3 heterocycles. The van der Waals surface area contributed by atoms with Gasteiger partial charge in [0.05, 0.1) is 12.2 Å². The summed E-state index contributed by atoms with van der Waals surface area (Å²) in [7, 11) is 2.09. The van der Waals surface area contributed by atoms with E-state index in [9.17, 15) is 4.79 Å². The van der Waals surface area contributed by atoms with Crippen molar-refractivity contribution in [3.8, 4) is 0 Å². The quantitative estimate of drug-likeness (QED) is 0.773. The monoisotopic (exact) mass is 407 g/mol. The number of carbonyl (C=O) groups is 1. The molecule has 0 saturated carbocycles. The number of hydrogen-bond acceptors (Lipinski definition) is 5. The zero-order valence-electron chi connectivity index (χ0n) is 18.6. The third kappa shape index (κ3) is 4.13. The van der Waals surface area contributed by atoms with Crippen molar-refractivity contribution in [3.05, 3.63) is 47.2 Å². The highest BCUT2D eigenvalue weighted by Gasteiger charge is 2.29. The van der Waals surface area contributed by atoms with Crippen molar-refractivity contribution in [3.63, 3.8) is 0 Å². The van der Waals surface area contributed by atoms with Gasteiger partial charge in [0.25, 0.3) is 5.91 Å². The minimum atomic E-state index is 0.0773. The first-order chi connectivity index (χ1) is 14.4. The van der Waals surface area contributed by atoms with Gasteiger partial charge in [-0.3, -0.25) is 4.79 Å². The normalized spacial score (nSPS) is 17.2. The molecule has 0 bridgehead atoms. The first-order valence-electron chi connectivity index (χ1n) is 11.2. The lowest BCUT2D eigenvalue weighted by Crippen LogP contribution is -2.40. The summed E-state index contributed by atoms with van der Waals surface area (Å²) < 4.78 is 0. The first kappa shape index (κ1) is 20.6. The standard InChI is InChI=1S/C24H33N5O/c1-17(2)27(4)22-20-16-29(23(30)19-8-6-5-7-9-19)15-12-21(20)25-24(26-22)28-13-10-18(3)11-14-28/h5-9,17-18H,10-16H2,1-4H3. The molecule has 1 amide bonds. The molecule has 0 atom stereocenters. The van der Waals surface area contributed by atoms with E-state index in [1.165, 1.54) is 12.8 Å². The molecule has 1 aromatic carbocycles. The van der Waals surface area contributed by atoms with Gasteiger partial charge in [0.1, 0.15) is 5.82 Å². The van der Waals surface area contributed by atoms with Gasteiger partial charge in [-0.15, -0.1) is 0 Å². The molecule has 2 aliphatic rings. The third-order valence-corrected chi connectivity index (χ3v) is 6.51. The number of amides is 1. The van der Waals surface area contributed by atoms with Crippen molar-refractivity contribution in [2.24, 2.45) is 5.92 Å². The van der Waals surface area contributed by atoms with Crippen molar-refractivity contribution in [2.45, 2.75) is 52.6 Å². The average molecular weight is 408 g/mol. The van der Waals surface area contributed by atoms with Crippen LogP contribution in [-0.4, -0.2) is 53.5 Å². The summed E-state index contributed by atoms with van der Waals surface area (Å²) in [5.74, 6) is 2.67. The Labute approximate surface area is 179 Å². The van der Waals surface area contributed by atoms with Crippen LogP contribution in [-0.2, 0) is 13.0 Å². The van der Waals surface area contributed by atoms with Crippen LogP contribution >= 0.6 is 0 Å². The number of carbonyl (C=O) groups excluding carboxylic acids is 1. The van der Waals surface area contributed by atoms with Crippen molar-refractivity contribution in [2.75, 3.05) is 36.5 Å². The number of fused-ring (bicyclic) bond motifs is 1. The van der Waals surface area contributed by atoms with Crippen molar-refractivity contribution in [1.29, 1.82) is 0 Å². The van der Waals surface area contributed by atoms with Crippen molar-refractivity contribution in [1.82, 2.24) is 14.9 Å². The highest BCUT2D eigenvalue weighted by Crippen LogP contribution is 2.31. The van der Waals surface area contributed by atoms with Crippen molar-refractivity contribution < 1.29 is 4.79 Å². The SMILES string of the molecule is CC1CCN(c2nc3c(c(N(C)C(C)C)n2)CN(C(=O)c2ccccc2)CC3)CC1. The van der Waals surface area contributed by atoms with Gasteiger partial charge in [-0.1, -0.05) is 25.1 Å². The second kappa shape index (κ2) is 8.62. The molecular formula is C24H33N5O. The van der Waals surface area contributed by atoms with E-state index in [1.54, 1.807) is 0 Å². The third-order valence-electron chi connectivity index (χ3n) is 6.51. The number of aromatic nitrogens is 2. The van der Waals surface area contributed by atoms with E-state index in [0.29, 0.717) is 19.1 Å². The Kier molecular flexibility index (Phi) is 5.93. The molecule has 1 saturated heterocycles. The van der Waals surface area contributed by atoms with Gasteiger partial charge >= 0.3 is 0 Å². The fourth-order valence-corrected chi connectivity index (χ4v) is 4.21. The summed E-state index contributed by atoms with van der Waals surface area (Å²) in [6.45, 7) is 9.96. The lowest BCUT2D eigenvalue weighted by Gasteiger charge is -2.35. The fraction of sp³-hybridized carbons (Fsp3) is 0.542. The van der Waals surface area contributed by atoms with E-state index in [2.05, 4.69) is 37.6 Å². The summed E-state index contributed by atoms with van der Waals surface area (Å²) >= 11 is 0. The Bertz CT molecular complexity index is 890. The number of hydrogen-bond donors (Lipinski definition) is 0. The summed E-state index contributed by atoms with van der Waals surface area (Å²) in [4.78, 5) is 29.5. The molecule has 0 N–H and O–H groups in total. The molecule has 6 heteroatoms. The minimum absolute atomic E-state index is 0.0773. The van der Waals surface area contributed by atoms with E-state index < -0.39 is 0 Å². The van der Waals surface area contributed by atoms with E-state index in [1.807, 2.05) is 35.2 Å². The van der Waals surface area contributed by atoms with Crippen LogP contribution in [0.25, 0.3) is 0 Å². The molecule has 160 valence electrons. The van der Waals surface area contributed by atoms with E-state index in [0.717, 1.165) is 54.0 Å². The molecule has 6 nitrogen and oxygen atoms in total. The summed E-state index contributed by atoms with van der Waals surface area (Å²) in [5.41, 5.74) is 2.92. The van der Waals surface area contributed by atoms with Gasteiger partial charge in [0, 0.05) is 50.3 Å². The smallest absolute Gasteiger partial charge is 0.254 e. The molecule has 1 aromatic heterocycles. The predicted molar refractivity (Wildman–Crippen MR) is 121 cm³/mol. The van der Waals surface area contributed by atoms with Gasteiger partial charge < -0.3 is 14.7 Å². The Morgan fingerprint density at radius 2 is 1.80 bits per heavy atom. The molecule has 4 rings (SSSR count). The molecule has 0 radical (unpaired) electrons. The maximum Gasteiger partial charge on any atom is 0.254 e. The van der Waals surface area contributed by atoms with E-state index in [4.69, 9.17) is 9.97 Å². The molecule has 0 unspecified atom stereocenters. The van der Waals surface area contributed by atoms with Crippen LogP contribution in [0.1, 0.15) is 55.2 Å². The molecule has 2 aliphatic heterocycles. The van der Waals surface area contributed by atoms with Gasteiger partial charge in [0.15, 0.2) is 0 Å². The Hall–Kier alpha value is -2.63. The zero-order valence-corrected chi connectivity index (χ0v) is 18.6. The van der Waals surface area contributed by atoms with Crippen LogP contribution in [0, 0.1) is 5.92 Å². The van der Waals surface area contributed by atoms with Gasteiger partial charge in [0.2, 0.25) is 5.95 Å². The van der Waals surface area contributed by atoms with Crippen LogP contribution in [0.15, 0.2) is 30.3 Å². The second-order valence-corrected chi connectivity index (χ2v) is 8.99. The zero-order chi connectivity index (χ0) is 21.3. The number of piperidine rings is 1. The number of nitrogens with zero attached hydrogens (tertiary/aromatic N) is 5. The van der Waals surface area contributed by atoms with Gasteiger partial charge in [-0.25, -0.2) is 4.98 Å². The maximum atomic E-state index is 13.0. The summed E-state index contributed by atoms with van der Waals surface area (Å²) in [6.07, 6.45) is 3.15. The lowest BCUT2D eigenvalue weighted by atomic mass is 9.99. The Morgan fingerprint density at radius 1 is 1.10 bits per heavy atom. The molecule has 0 aliphatic carbocycles. The maximum absolute atomic E-state index is 13.0. The Morgan fingerprint density at radius 3 is 2.47 bits per heavy atom. The molecule has 1 fully saturated rings. The van der Waals surface area contributed by atoms with Crippen LogP contribution < -0.4 is 9.80 Å². The van der Waals surface area contributed by atoms with Gasteiger partial charge in [-0.2, -0.15) is 4.98 Å². The highest BCUT2D eigenvalue weighted by atomic mass is 16.2. The van der Waals surface area contributed by atoms with Crippen LogP contribution in [0.3, 0.4) is 0 Å². The largest absolute Gasteiger partial charge is 0.357 e.